The molecule has 0 aromatic heterocycles. The van der Waals surface area contributed by atoms with E-state index in [9.17, 15) is 24.3 Å². The fourth-order valence-electron chi connectivity index (χ4n) is 3.90. The van der Waals surface area contributed by atoms with Crippen molar-refractivity contribution in [2.75, 3.05) is 24.7 Å². The lowest BCUT2D eigenvalue weighted by molar-refractivity contribution is -0.123. The summed E-state index contributed by atoms with van der Waals surface area (Å²) < 4.78 is 0. The Bertz CT molecular complexity index is 1310. The predicted molar refractivity (Wildman–Crippen MR) is 141 cm³/mol. The van der Waals surface area contributed by atoms with Gasteiger partial charge in [0, 0.05) is 14.1 Å². The highest BCUT2D eigenvalue weighted by Gasteiger charge is 2.30. The number of anilines is 3. The van der Waals surface area contributed by atoms with E-state index in [2.05, 4.69) is 16.0 Å². The summed E-state index contributed by atoms with van der Waals surface area (Å²) in [6, 6.07) is 13.1. The molecule has 4 N–H and O–H groups in total. The van der Waals surface area contributed by atoms with E-state index in [-0.39, 0.29) is 46.2 Å². The SMILES string of the molecule is CC[C@@H](NC(=O)[C@H](Nc1c(Nc2cccc(C(=O)N(C)C)c2O)c(=O)c1=O)C(C)C)c1ccccc1. The number of carbonyl (C=O) groups is 2. The third-order valence-electron chi connectivity index (χ3n) is 6.02. The lowest BCUT2D eigenvalue weighted by atomic mass is 9.99. The van der Waals surface area contributed by atoms with Crippen LogP contribution in [0.15, 0.2) is 58.1 Å². The van der Waals surface area contributed by atoms with Crippen molar-refractivity contribution < 1.29 is 14.7 Å². The number of aromatic hydroxyl groups is 1. The normalized spacial score (nSPS) is 12.7. The first kappa shape index (κ1) is 26.5. The number of hydrogen-bond acceptors (Lipinski definition) is 7. The van der Waals surface area contributed by atoms with Crippen LogP contribution in [0.2, 0.25) is 0 Å². The highest BCUT2D eigenvalue weighted by atomic mass is 16.3. The standard InChI is InChI=1S/C27H32N4O5/c1-6-18(16-11-8-7-9-12-16)29-26(35)20(15(2)3)30-22-21(24(33)25(22)34)28-19-14-10-13-17(23(19)32)27(36)31(4)5/h7-15,18,20,28,30,32H,6H2,1-5H3,(H,29,35)/t18-,20-/m1/s1. The van der Waals surface area contributed by atoms with Gasteiger partial charge < -0.3 is 26.0 Å². The van der Waals surface area contributed by atoms with Crippen molar-refractivity contribution in [3.63, 3.8) is 0 Å². The molecule has 0 unspecified atom stereocenters. The largest absolute Gasteiger partial charge is 0.505 e. The molecule has 0 radical (unpaired) electrons. The number of phenols is 1. The zero-order valence-electron chi connectivity index (χ0n) is 21.1. The van der Waals surface area contributed by atoms with Crippen LogP contribution in [0.5, 0.6) is 5.75 Å². The maximum Gasteiger partial charge on any atom is 0.257 e. The zero-order valence-corrected chi connectivity index (χ0v) is 21.1. The summed E-state index contributed by atoms with van der Waals surface area (Å²) in [5, 5.41) is 19.3. The van der Waals surface area contributed by atoms with Gasteiger partial charge >= 0.3 is 0 Å². The molecule has 3 aromatic rings. The molecule has 190 valence electrons. The minimum Gasteiger partial charge on any atom is -0.505 e. The van der Waals surface area contributed by atoms with Gasteiger partial charge in [0.15, 0.2) is 5.75 Å². The number of carbonyl (C=O) groups excluding carboxylic acids is 2. The van der Waals surface area contributed by atoms with E-state index in [0.717, 1.165) is 5.56 Å². The molecule has 2 amide bonds. The Labute approximate surface area is 209 Å². The molecule has 9 heteroatoms. The van der Waals surface area contributed by atoms with Gasteiger partial charge in [-0.15, -0.1) is 0 Å². The molecule has 0 aliphatic carbocycles. The molecular weight excluding hydrogens is 460 g/mol. The summed E-state index contributed by atoms with van der Waals surface area (Å²) in [4.78, 5) is 51.6. The van der Waals surface area contributed by atoms with Crippen molar-refractivity contribution in [1.82, 2.24) is 10.2 Å². The minimum absolute atomic E-state index is 0.0367. The molecule has 0 saturated heterocycles. The summed E-state index contributed by atoms with van der Waals surface area (Å²) in [6.07, 6.45) is 0.675. The Morgan fingerprint density at radius 1 is 0.944 bits per heavy atom. The van der Waals surface area contributed by atoms with E-state index in [1.165, 1.54) is 17.0 Å². The number of nitrogens with zero attached hydrogens (tertiary/aromatic N) is 1. The number of amides is 2. The van der Waals surface area contributed by atoms with Gasteiger partial charge in [0.2, 0.25) is 5.91 Å². The molecule has 0 aliphatic rings. The van der Waals surface area contributed by atoms with Crippen LogP contribution >= 0.6 is 0 Å². The third-order valence-corrected chi connectivity index (χ3v) is 6.02. The molecule has 0 aliphatic heterocycles. The maximum atomic E-state index is 13.2. The van der Waals surface area contributed by atoms with Gasteiger partial charge in [-0.3, -0.25) is 19.2 Å². The van der Waals surface area contributed by atoms with Gasteiger partial charge in [0.05, 0.1) is 17.3 Å². The van der Waals surface area contributed by atoms with Crippen LogP contribution < -0.4 is 26.8 Å². The molecule has 3 rings (SSSR count). The van der Waals surface area contributed by atoms with Crippen LogP contribution in [0.3, 0.4) is 0 Å². The van der Waals surface area contributed by atoms with Crippen molar-refractivity contribution in [2.45, 2.75) is 39.3 Å². The summed E-state index contributed by atoms with van der Waals surface area (Å²) in [6.45, 7) is 5.64. The number of hydrogen-bond donors (Lipinski definition) is 4. The summed E-state index contributed by atoms with van der Waals surface area (Å²) in [5.74, 6) is -1.27. The number of para-hydroxylation sites is 1. The van der Waals surface area contributed by atoms with Crippen LogP contribution in [0.25, 0.3) is 0 Å². The molecule has 36 heavy (non-hydrogen) atoms. The van der Waals surface area contributed by atoms with Gasteiger partial charge in [0.1, 0.15) is 17.4 Å². The Balaban J connectivity index is 1.84. The van der Waals surface area contributed by atoms with E-state index in [4.69, 9.17) is 0 Å². The van der Waals surface area contributed by atoms with Crippen molar-refractivity contribution >= 4 is 28.9 Å². The average Bonchev–Trinajstić information content (AvgIpc) is 2.87. The Kier molecular flexibility index (Phi) is 8.14. The van der Waals surface area contributed by atoms with Gasteiger partial charge in [-0.25, -0.2) is 0 Å². The summed E-state index contributed by atoms with van der Waals surface area (Å²) in [5.41, 5.74) is -0.535. The van der Waals surface area contributed by atoms with Gasteiger partial charge in [-0.1, -0.05) is 57.2 Å². The highest BCUT2D eigenvalue weighted by molar-refractivity contribution is 5.99. The van der Waals surface area contributed by atoms with Gasteiger partial charge in [0.25, 0.3) is 16.8 Å². The van der Waals surface area contributed by atoms with Crippen molar-refractivity contribution in [2.24, 2.45) is 5.92 Å². The second kappa shape index (κ2) is 11.1. The minimum atomic E-state index is -0.790. The van der Waals surface area contributed by atoms with Crippen LogP contribution in [0, 0.1) is 5.92 Å². The highest BCUT2D eigenvalue weighted by Crippen LogP contribution is 2.32. The molecule has 0 spiro atoms. The van der Waals surface area contributed by atoms with Crippen LogP contribution in [0.4, 0.5) is 17.1 Å². The van der Waals surface area contributed by atoms with Crippen molar-refractivity contribution in [1.29, 1.82) is 0 Å². The molecule has 3 aromatic carbocycles. The van der Waals surface area contributed by atoms with Gasteiger partial charge in [-0.2, -0.15) is 0 Å². The number of phenolic OH excluding ortho intramolecular Hbond substituents is 1. The van der Waals surface area contributed by atoms with Crippen molar-refractivity contribution in [3.05, 3.63) is 80.1 Å². The zero-order chi connectivity index (χ0) is 26.6. The van der Waals surface area contributed by atoms with Crippen LogP contribution in [-0.2, 0) is 4.79 Å². The predicted octanol–water partition coefficient (Wildman–Crippen LogP) is 3.14. The second-order valence-corrected chi connectivity index (χ2v) is 9.18. The molecule has 0 heterocycles. The lowest BCUT2D eigenvalue weighted by Gasteiger charge is -2.27. The Hall–Kier alpha value is -4.14. The third kappa shape index (κ3) is 5.40. The second-order valence-electron chi connectivity index (χ2n) is 9.18. The maximum absolute atomic E-state index is 13.2. The monoisotopic (exact) mass is 492 g/mol. The molecule has 9 nitrogen and oxygen atoms in total. The quantitative estimate of drug-likeness (QED) is 0.253. The van der Waals surface area contributed by atoms with Crippen molar-refractivity contribution in [3.8, 4) is 5.75 Å². The first-order valence-corrected chi connectivity index (χ1v) is 11.8. The lowest BCUT2D eigenvalue weighted by Crippen LogP contribution is -2.47. The van der Waals surface area contributed by atoms with E-state index < -0.39 is 22.8 Å². The van der Waals surface area contributed by atoms with Crippen LogP contribution in [0.1, 0.15) is 49.2 Å². The summed E-state index contributed by atoms with van der Waals surface area (Å²) in [7, 11) is 3.11. The first-order valence-electron chi connectivity index (χ1n) is 11.8. The topological polar surface area (TPSA) is 128 Å². The molecule has 0 fully saturated rings. The van der Waals surface area contributed by atoms with E-state index in [1.807, 2.05) is 51.1 Å². The van der Waals surface area contributed by atoms with E-state index in [0.29, 0.717) is 6.42 Å². The number of nitrogens with one attached hydrogen (secondary N) is 3. The molecule has 0 saturated carbocycles. The molecule has 2 atom stereocenters. The molecular formula is C27H32N4O5. The van der Waals surface area contributed by atoms with Crippen LogP contribution in [-0.4, -0.2) is 42.0 Å². The Morgan fingerprint density at radius 2 is 1.58 bits per heavy atom. The molecule has 0 bridgehead atoms. The van der Waals surface area contributed by atoms with Gasteiger partial charge in [-0.05, 0) is 30.0 Å². The Morgan fingerprint density at radius 3 is 2.17 bits per heavy atom. The van der Waals surface area contributed by atoms with E-state index >= 15 is 0 Å². The fourth-order valence-corrected chi connectivity index (χ4v) is 3.90. The first-order chi connectivity index (χ1) is 17.1. The number of benzene rings is 2. The smallest absolute Gasteiger partial charge is 0.257 e. The van der Waals surface area contributed by atoms with E-state index in [1.54, 1.807) is 20.2 Å². The summed E-state index contributed by atoms with van der Waals surface area (Å²) >= 11 is 0. The average molecular weight is 493 g/mol. The fraction of sp³-hybridized carbons (Fsp3) is 0.333. The number of rotatable bonds is 10.